The second-order valence-corrected chi connectivity index (χ2v) is 6.78. The third-order valence-corrected chi connectivity index (χ3v) is 4.40. The molecule has 0 bridgehead atoms. The summed E-state index contributed by atoms with van der Waals surface area (Å²) in [7, 11) is 0. The molecule has 0 aliphatic heterocycles. The minimum atomic E-state index is -0.529. The Morgan fingerprint density at radius 2 is 1.33 bits per heavy atom. The first-order valence-electron chi connectivity index (χ1n) is 10.6. The maximum atomic E-state index is 12.4. The summed E-state index contributed by atoms with van der Waals surface area (Å²) in [5, 5.41) is 0. The Bertz CT molecular complexity index is 1020. The van der Waals surface area contributed by atoms with Crippen molar-refractivity contribution in [3.05, 3.63) is 90.0 Å². The van der Waals surface area contributed by atoms with Crippen LogP contribution >= 0.6 is 0 Å². The quantitative estimate of drug-likeness (QED) is 0.227. The van der Waals surface area contributed by atoms with Gasteiger partial charge < -0.3 is 23.7 Å². The van der Waals surface area contributed by atoms with Crippen molar-refractivity contribution < 1.29 is 33.3 Å². The normalized spacial score (nSPS) is 10.3. The molecule has 0 radical (unpaired) electrons. The number of rotatable bonds is 12. The largest absolute Gasteiger partial charge is 0.491 e. The summed E-state index contributed by atoms with van der Waals surface area (Å²) in [6.07, 6.45) is 0. The Morgan fingerprint density at radius 1 is 0.636 bits per heavy atom. The van der Waals surface area contributed by atoms with Gasteiger partial charge in [-0.3, -0.25) is 0 Å². The van der Waals surface area contributed by atoms with Crippen LogP contribution in [0.2, 0.25) is 0 Å². The van der Waals surface area contributed by atoms with Gasteiger partial charge in [0.15, 0.2) is 0 Å². The van der Waals surface area contributed by atoms with Crippen molar-refractivity contribution in [2.45, 2.75) is 6.92 Å². The van der Waals surface area contributed by atoms with E-state index in [9.17, 15) is 9.59 Å². The molecule has 7 heteroatoms. The summed E-state index contributed by atoms with van der Waals surface area (Å²) >= 11 is 0. The lowest BCUT2D eigenvalue weighted by molar-refractivity contribution is 0.0450. The molecule has 0 fully saturated rings. The zero-order valence-corrected chi connectivity index (χ0v) is 18.4. The minimum absolute atomic E-state index is 0.118. The second-order valence-electron chi connectivity index (χ2n) is 6.78. The topological polar surface area (TPSA) is 80.3 Å². The van der Waals surface area contributed by atoms with E-state index in [0.717, 1.165) is 0 Å². The van der Waals surface area contributed by atoms with E-state index in [-0.39, 0.29) is 13.2 Å². The van der Waals surface area contributed by atoms with Crippen LogP contribution in [0.25, 0.3) is 0 Å². The van der Waals surface area contributed by atoms with Gasteiger partial charge in [-0.2, -0.15) is 0 Å². The lowest BCUT2D eigenvalue weighted by Crippen LogP contribution is -2.12. The molecule has 0 spiro atoms. The first-order chi connectivity index (χ1) is 16.2. The standard InChI is InChI=1S/C26H26O7/c1-2-29-15-16-31-24-10-6-7-21(19-24)26(28)33-23-13-11-20(12-14-23)25(27)32-18-17-30-22-8-4-3-5-9-22/h3-14,19H,2,15-18H2,1H3. The number of carbonyl (C=O) groups is 2. The third-order valence-electron chi connectivity index (χ3n) is 4.40. The molecular weight excluding hydrogens is 424 g/mol. The van der Waals surface area contributed by atoms with Gasteiger partial charge in [-0.05, 0) is 61.5 Å². The fourth-order valence-corrected chi connectivity index (χ4v) is 2.79. The fraction of sp³-hybridized carbons (Fsp3) is 0.231. The molecular formula is C26H26O7. The number of carbonyl (C=O) groups excluding carboxylic acids is 2. The van der Waals surface area contributed by atoms with Gasteiger partial charge in [-0.1, -0.05) is 24.3 Å². The predicted molar refractivity (Wildman–Crippen MR) is 122 cm³/mol. The van der Waals surface area contributed by atoms with Gasteiger partial charge in [0.25, 0.3) is 0 Å². The van der Waals surface area contributed by atoms with Crippen molar-refractivity contribution in [3.8, 4) is 17.2 Å². The number of hydrogen-bond acceptors (Lipinski definition) is 7. The number of benzene rings is 3. The van der Waals surface area contributed by atoms with Gasteiger partial charge in [-0.25, -0.2) is 9.59 Å². The summed E-state index contributed by atoms with van der Waals surface area (Å²) in [6, 6.07) is 22.2. The van der Waals surface area contributed by atoms with Crippen LogP contribution in [0.15, 0.2) is 78.9 Å². The highest BCUT2D eigenvalue weighted by Crippen LogP contribution is 2.18. The zero-order chi connectivity index (χ0) is 23.3. The molecule has 0 heterocycles. The highest BCUT2D eigenvalue weighted by Gasteiger charge is 2.12. The maximum Gasteiger partial charge on any atom is 0.343 e. The van der Waals surface area contributed by atoms with Gasteiger partial charge >= 0.3 is 11.9 Å². The fourth-order valence-electron chi connectivity index (χ4n) is 2.79. The molecule has 0 amide bonds. The first-order valence-corrected chi connectivity index (χ1v) is 10.6. The van der Waals surface area contributed by atoms with Gasteiger partial charge in [-0.15, -0.1) is 0 Å². The number of ether oxygens (including phenoxy) is 5. The van der Waals surface area contributed by atoms with Gasteiger partial charge in [0, 0.05) is 6.61 Å². The number of esters is 2. The third kappa shape index (κ3) is 7.97. The summed E-state index contributed by atoms with van der Waals surface area (Å²) < 4.78 is 26.9. The molecule has 0 aliphatic carbocycles. The Morgan fingerprint density at radius 3 is 2.09 bits per heavy atom. The number of para-hydroxylation sites is 1. The van der Waals surface area contributed by atoms with Crippen molar-refractivity contribution >= 4 is 11.9 Å². The summed E-state index contributed by atoms with van der Waals surface area (Å²) in [5.74, 6) is 0.563. The van der Waals surface area contributed by atoms with E-state index < -0.39 is 11.9 Å². The Balaban J connectivity index is 1.45. The summed E-state index contributed by atoms with van der Waals surface area (Å²) in [5.41, 5.74) is 0.699. The second kappa shape index (κ2) is 12.9. The van der Waals surface area contributed by atoms with E-state index in [0.29, 0.717) is 48.2 Å². The van der Waals surface area contributed by atoms with E-state index >= 15 is 0 Å². The monoisotopic (exact) mass is 450 g/mol. The molecule has 0 saturated heterocycles. The Hall–Kier alpha value is -3.84. The average molecular weight is 450 g/mol. The van der Waals surface area contributed by atoms with Crippen LogP contribution in [0.5, 0.6) is 17.2 Å². The van der Waals surface area contributed by atoms with E-state index in [4.69, 9.17) is 23.7 Å². The lowest BCUT2D eigenvalue weighted by Gasteiger charge is -2.09. The van der Waals surface area contributed by atoms with E-state index in [1.54, 1.807) is 24.3 Å². The predicted octanol–water partition coefficient (Wildman–Crippen LogP) is 4.56. The highest BCUT2D eigenvalue weighted by atomic mass is 16.6. The van der Waals surface area contributed by atoms with Gasteiger partial charge in [0.2, 0.25) is 0 Å². The smallest absolute Gasteiger partial charge is 0.343 e. The van der Waals surface area contributed by atoms with Crippen molar-refractivity contribution in [2.75, 3.05) is 33.0 Å². The maximum absolute atomic E-state index is 12.4. The minimum Gasteiger partial charge on any atom is -0.491 e. The highest BCUT2D eigenvalue weighted by molar-refractivity contribution is 5.92. The van der Waals surface area contributed by atoms with Crippen molar-refractivity contribution in [1.29, 1.82) is 0 Å². The molecule has 33 heavy (non-hydrogen) atoms. The van der Waals surface area contributed by atoms with Crippen LogP contribution in [0.1, 0.15) is 27.6 Å². The van der Waals surface area contributed by atoms with Crippen molar-refractivity contribution in [3.63, 3.8) is 0 Å². The zero-order valence-electron chi connectivity index (χ0n) is 18.4. The lowest BCUT2D eigenvalue weighted by atomic mass is 10.2. The van der Waals surface area contributed by atoms with Crippen LogP contribution in [0.4, 0.5) is 0 Å². The van der Waals surface area contributed by atoms with Crippen LogP contribution < -0.4 is 14.2 Å². The van der Waals surface area contributed by atoms with Crippen LogP contribution in [0, 0.1) is 0 Å². The van der Waals surface area contributed by atoms with Crippen LogP contribution in [-0.2, 0) is 9.47 Å². The summed E-state index contributed by atoms with van der Waals surface area (Å²) in [4.78, 5) is 24.6. The van der Waals surface area contributed by atoms with E-state index in [1.807, 2.05) is 37.3 Å². The Labute approximate surface area is 192 Å². The molecule has 3 rings (SSSR count). The first kappa shape index (κ1) is 23.8. The van der Waals surface area contributed by atoms with E-state index in [1.165, 1.54) is 24.3 Å². The van der Waals surface area contributed by atoms with Gasteiger partial charge in [0.05, 0.1) is 17.7 Å². The Kier molecular flexibility index (Phi) is 9.29. The summed E-state index contributed by atoms with van der Waals surface area (Å²) in [6.45, 7) is 3.76. The number of hydrogen-bond donors (Lipinski definition) is 0. The van der Waals surface area contributed by atoms with Crippen molar-refractivity contribution in [2.24, 2.45) is 0 Å². The molecule has 3 aromatic carbocycles. The van der Waals surface area contributed by atoms with Gasteiger partial charge in [0.1, 0.15) is 37.1 Å². The average Bonchev–Trinajstić information content (AvgIpc) is 2.85. The molecule has 0 aromatic heterocycles. The molecule has 0 atom stereocenters. The molecule has 0 N–H and O–H groups in total. The molecule has 172 valence electrons. The van der Waals surface area contributed by atoms with Crippen molar-refractivity contribution in [1.82, 2.24) is 0 Å². The van der Waals surface area contributed by atoms with Crippen LogP contribution in [0.3, 0.4) is 0 Å². The molecule has 0 saturated carbocycles. The molecule has 0 aliphatic rings. The van der Waals surface area contributed by atoms with E-state index in [2.05, 4.69) is 0 Å². The molecule has 3 aromatic rings. The SMILES string of the molecule is CCOCCOc1cccc(C(=O)Oc2ccc(C(=O)OCCOc3ccccc3)cc2)c1. The molecule has 0 unspecified atom stereocenters. The molecule has 7 nitrogen and oxygen atoms in total. The van der Waals surface area contributed by atoms with Crippen LogP contribution in [-0.4, -0.2) is 45.0 Å².